The fraction of sp³-hybridized carbons (Fsp3) is 0.0476. The van der Waals surface area contributed by atoms with Crippen molar-refractivity contribution in [3.8, 4) is 0 Å². The maximum absolute atomic E-state index is 12.9. The standard InChI is InChI=1S/C21H15Cl3N2O4S/c22-13-2-8-19(24)17(11-13)21(28)16-9-12(1-7-18(16)23)10-20(27)26-14-3-5-15(6-4-14)31(25,29)30/h1-9,11H,10H2,(H,26,27)(H2,25,29,30). The van der Waals surface area contributed by atoms with Crippen molar-refractivity contribution in [3.05, 3.63) is 92.4 Å². The number of carbonyl (C=O) groups is 2. The minimum absolute atomic E-state index is 0.0440. The van der Waals surface area contributed by atoms with Crippen LogP contribution in [0.3, 0.4) is 0 Å². The van der Waals surface area contributed by atoms with E-state index in [0.29, 0.717) is 16.3 Å². The van der Waals surface area contributed by atoms with Gasteiger partial charge in [-0.1, -0.05) is 40.9 Å². The van der Waals surface area contributed by atoms with Crippen LogP contribution in [0.5, 0.6) is 0 Å². The quantitative estimate of drug-likeness (QED) is 0.481. The van der Waals surface area contributed by atoms with E-state index < -0.39 is 15.8 Å². The molecule has 3 N–H and O–H groups in total. The highest BCUT2D eigenvalue weighted by Crippen LogP contribution is 2.27. The summed E-state index contributed by atoms with van der Waals surface area (Å²) in [5.41, 5.74) is 1.33. The number of carbonyl (C=O) groups excluding carboxylic acids is 2. The van der Waals surface area contributed by atoms with Gasteiger partial charge in [0.15, 0.2) is 5.78 Å². The van der Waals surface area contributed by atoms with Crippen LogP contribution in [0.25, 0.3) is 0 Å². The number of hydrogen-bond donors (Lipinski definition) is 2. The molecule has 31 heavy (non-hydrogen) atoms. The zero-order chi connectivity index (χ0) is 22.8. The highest BCUT2D eigenvalue weighted by atomic mass is 35.5. The fourth-order valence-corrected chi connectivity index (χ4v) is 3.89. The third-order valence-electron chi connectivity index (χ3n) is 4.28. The molecule has 6 nitrogen and oxygen atoms in total. The van der Waals surface area contributed by atoms with E-state index in [1.165, 1.54) is 48.5 Å². The van der Waals surface area contributed by atoms with Crippen LogP contribution < -0.4 is 10.5 Å². The lowest BCUT2D eigenvalue weighted by atomic mass is 10.00. The van der Waals surface area contributed by atoms with Gasteiger partial charge >= 0.3 is 0 Å². The van der Waals surface area contributed by atoms with Crippen molar-refractivity contribution in [2.75, 3.05) is 5.32 Å². The molecule has 10 heteroatoms. The minimum atomic E-state index is -3.82. The molecule has 0 atom stereocenters. The zero-order valence-corrected chi connectivity index (χ0v) is 18.8. The van der Waals surface area contributed by atoms with Crippen molar-refractivity contribution < 1.29 is 18.0 Å². The van der Waals surface area contributed by atoms with Crippen LogP contribution in [0.4, 0.5) is 5.69 Å². The molecule has 0 aliphatic heterocycles. The maximum Gasteiger partial charge on any atom is 0.238 e. The summed E-state index contributed by atoms with van der Waals surface area (Å²) in [6.45, 7) is 0. The van der Waals surface area contributed by atoms with Gasteiger partial charge in [-0.25, -0.2) is 13.6 Å². The van der Waals surface area contributed by atoms with E-state index in [9.17, 15) is 18.0 Å². The summed E-state index contributed by atoms with van der Waals surface area (Å²) in [6.07, 6.45) is -0.0440. The lowest BCUT2D eigenvalue weighted by molar-refractivity contribution is -0.115. The van der Waals surface area contributed by atoms with E-state index in [1.54, 1.807) is 12.1 Å². The molecule has 3 rings (SSSR count). The zero-order valence-electron chi connectivity index (χ0n) is 15.7. The summed E-state index contributed by atoms with van der Waals surface area (Å²) in [7, 11) is -3.82. The monoisotopic (exact) mass is 496 g/mol. The average Bonchev–Trinajstić information content (AvgIpc) is 2.70. The van der Waals surface area contributed by atoms with Gasteiger partial charge in [-0.3, -0.25) is 9.59 Å². The molecule has 0 heterocycles. The van der Waals surface area contributed by atoms with Crippen LogP contribution in [-0.2, 0) is 21.2 Å². The third-order valence-corrected chi connectivity index (χ3v) is 6.10. The molecule has 0 unspecified atom stereocenters. The Balaban J connectivity index is 1.78. The predicted octanol–water partition coefficient (Wildman–Crippen LogP) is 4.71. The molecule has 1 amide bonds. The molecule has 3 aromatic rings. The minimum Gasteiger partial charge on any atom is -0.326 e. The van der Waals surface area contributed by atoms with Crippen LogP contribution in [0.1, 0.15) is 21.5 Å². The molecule has 0 bridgehead atoms. The lowest BCUT2D eigenvalue weighted by Crippen LogP contribution is -2.15. The second-order valence-electron chi connectivity index (χ2n) is 6.56. The van der Waals surface area contributed by atoms with E-state index in [0.717, 1.165) is 0 Å². The molecule has 0 radical (unpaired) electrons. The van der Waals surface area contributed by atoms with Gasteiger partial charge in [0.2, 0.25) is 15.9 Å². The molecule has 0 saturated carbocycles. The van der Waals surface area contributed by atoms with Crippen molar-refractivity contribution in [1.29, 1.82) is 0 Å². The molecular weight excluding hydrogens is 483 g/mol. The Morgan fingerprint density at radius 3 is 2.03 bits per heavy atom. The van der Waals surface area contributed by atoms with Gasteiger partial charge in [-0.2, -0.15) is 0 Å². The Morgan fingerprint density at radius 1 is 0.839 bits per heavy atom. The molecule has 0 spiro atoms. The van der Waals surface area contributed by atoms with Gasteiger partial charge in [-0.15, -0.1) is 0 Å². The van der Waals surface area contributed by atoms with Gasteiger partial charge in [-0.05, 0) is 60.2 Å². The molecule has 0 aliphatic rings. The van der Waals surface area contributed by atoms with Crippen molar-refractivity contribution in [3.63, 3.8) is 0 Å². The number of hydrogen-bond acceptors (Lipinski definition) is 4. The normalized spacial score (nSPS) is 11.2. The number of nitrogens with one attached hydrogen (secondary N) is 1. The third kappa shape index (κ3) is 5.84. The van der Waals surface area contributed by atoms with Gasteiger partial charge in [0.05, 0.1) is 21.4 Å². The fourth-order valence-electron chi connectivity index (χ4n) is 2.79. The highest BCUT2D eigenvalue weighted by molar-refractivity contribution is 7.89. The summed E-state index contributed by atoms with van der Waals surface area (Å²) < 4.78 is 22.6. The predicted molar refractivity (Wildman–Crippen MR) is 121 cm³/mol. The number of ketones is 1. The first-order chi connectivity index (χ1) is 14.5. The largest absolute Gasteiger partial charge is 0.326 e. The molecule has 0 aromatic heterocycles. The molecule has 160 valence electrons. The summed E-state index contributed by atoms with van der Waals surface area (Å²) in [5.74, 6) is -0.789. The number of sulfonamides is 1. The van der Waals surface area contributed by atoms with Gasteiger partial charge < -0.3 is 5.32 Å². The van der Waals surface area contributed by atoms with Crippen molar-refractivity contribution in [2.45, 2.75) is 11.3 Å². The summed E-state index contributed by atoms with van der Waals surface area (Å²) in [4.78, 5) is 25.2. The average molecular weight is 498 g/mol. The number of benzene rings is 3. The Morgan fingerprint density at radius 2 is 1.42 bits per heavy atom. The maximum atomic E-state index is 12.9. The smallest absolute Gasteiger partial charge is 0.238 e. The number of primary sulfonamides is 1. The molecule has 0 saturated heterocycles. The topological polar surface area (TPSA) is 106 Å². The van der Waals surface area contributed by atoms with Crippen molar-refractivity contribution in [2.24, 2.45) is 5.14 Å². The first-order valence-corrected chi connectivity index (χ1v) is 11.4. The Hall–Kier alpha value is -2.42. The van der Waals surface area contributed by atoms with Crippen molar-refractivity contribution in [1.82, 2.24) is 0 Å². The van der Waals surface area contributed by atoms with Gasteiger partial charge in [0.25, 0.3) is 0 Å². The first kappa shape index (κ1) is 23.2. The van der Waals surface area contributed by atoms with E-state index in [-0.39, 0.29) is 38.4 Å². The number of anilines is 1. The molecule has 0 fully saturated rings. The van der Waals surface area contributed by atoms with Crippen LogP contribution in [0, 0.1) is 0 Å². The summed E-state index contributed by atoms with van der Waals surface area (Å²) in [5, 5.41) is 8.50. The van der Waals surface area contributed by atoms with Crippen LogP contribution in [-0.4, -0.2) is 20.1 Å². The van der Waals surface area contributed by atoms with Gasteiger partial charge in [0, 0.05) is 21.8 Å². The second-order valence-corrected chi connectivity index (χ2v) is 9.37. The SMILES string of the molecule is NS(=O)(=O)c1ccc(NC(=O)Cc2ccc(Cl)c(C(=O)c3cc(Cl)ccc3Cl)c2)cc1. The Bertz CT molecular complexity index is 1280. The van der Waals surface area contributed by atoms with Crippen LogP contribution in [0.2, 0.25) is 15.1 Å². The summed E-state index contributed by atoms with van der Waals surface area (Å²) >= 11 is 18.3. The first-order valence-electron chi connectivity index (χ1n) is 8.75. The highest BCUT2D eigenvalue weighted by Gasteiger charge is 2.18. The van der Waals surface area contributed by atoms with Crippen LogP contribution in [0.15, 0.2) is 65.6 Å². The summed E-state index contributed by atoms with van der Waals surface area (Å²) in [6, 6.07) is 14.6. The molecule has 3 aromatic carbocycles. The Labute approximate surface area is 194 Å². The van der Waals surface area contributed by atoms with E-state index in [4.69, 9.17) is 39.9 Å². The van der Waals surface area contributed by atoms with E-state index in [2.05, 4.69) is 5.32 Å². The number of nitrogens with two attached hydrogens (primary N) is 1. The number of halogens is 3. The second kappa shape index (κ2) is 9.38. The van der Waals surface area contributed by atoms with Crippen LogP contribution >= 0.6 is 34.8 Å². The molecule has 0 aliphatic carbocycles. The Kier molecular flexibility index (Phi) is 7.03. The lowest BCUT2D eigenvalue weighted by Gasteiger charge is -2.10. The number of rotatable bonds is 6. The number of amides is 1. The van der Waals surface area contributed by atoms with E-state index in [1.807, 2.05) is 0 Å². The van der Waals surface area contributed by atoms with Crippen molar-refractivity contribution >= 4 is 62.2 Å². The van der Waals surface area contributed by atoms with Gasteiger partial charge in [0.1, 0.15) is 0 Å². The van der Waals surface area contributed by atoms with E-state index >= 15 is 0 Å². The molecular formula is C21H15Cl3N2O4S.